The van der Waals surface area contributed by atoms with E-state index in [0.29, 0.717) is 22.6 Å². The minimum absolute atomic E-state index is 0.0290. The van der Waals surface area contributed by atoms with Crippen LogP contribution in [0.1, 0.15) is 41.5 Å². The molecule has 1 heterocycles. The number of amides is 1. The van der Waals surface area contributed by atoms with Gasteiger partial charge in [0, 0.05) is 17.2 Å². The normalized spacial score (nSPS) is 14.9. The van der Waals surface area contributed by atoms with E-state index in [1.807, 2.05) is 18.2 Å². The number of nitrogens with one attached hydrogen (secondary N) is 1. The molecule has 0 unspecified atom stereocenters. The molecule has 1 N–H and O–H groups in total. The number of carbonyl (C=O) groups excluding carboxylic acids is 2. The number of benzene rings is 1. The molecule has 1 amide bonds. The topological polar surface area (TPSA) is 81.4 Å². The maximum atomic E-state index is 12.4. The highest BCUT2D eigenvalue weighted by atomic mass is 16.5. The van der Waals surface area contributed by atoms with E-state index in [9.17, 15) is 9.59 Å². The third-order valence-corrected chi connectivity index (χ3v) is 4.02. The van der Waals surface area contributed by atoms with Crippen molar-refractivity contribution in [2.24, 2.45) is 0 Å². The third kappa shape index (κ3) is 3.82. The molecule has 0 radical (unpaired) electrons. The molecule has 1 aromatic carbocycles. The molecule has 1 aromatic heterocycles. The Labute approximate surface area is 140 Å². The lowest BCUT2D eigenvalue weighted by Crippen LogP contribution is -2.33. The molecule has 1 atom stereocenters. The number of esters is 1. The van der Waals surface area contributed by atoms with Gasteiger partial charge in [-0.3, -0.25) is 9.59 Å². The van der Waals surface area contributed by atoms with E-state index >= 15 is 0 Å². The molecule has 0 saturated heterocycles. The molecule has 0 spiro atoms. The average molecular weight is 328 g/mol. The molecular weight excluding hydrogens is 308 g/mol. The largest absolute Gasteiger partial charge is 0.447 e. The highest BCUT2D eigenvalue weighted by Crippen LogP contribution is 2.24. The fourth-order valence-corrected chi connectivity index (χ4v) is 2.48. The summed E-state index contributed by atoms with van der Waals surface area (Å²) in [6, 6.07) is 9.24. The lowest BCUT2D eigenvalue weighted by Gasteiger charge is -2.18. The molecule has 1 saturated carbocycles. The summed E-state index contributed by atoms with van der Waals surface area (Å²) < 4.78 is 10.5. The molecule has 24 heavy (non-hydrogen) atoms. The second-order valence-corrected chi connectivity index (χ2v) is 6.04. The Morgan fingerprint density at radius 1 is 1.29 bits per heavy atom. The second kappa shape index (κ2) is 6.86. The van der Waals surface area contributed by atoms with Crippen LogP contribution in [0, 0.1) is 13.8 Å². The first-order valence-corrected chi connectivity index (χ1v) is 8.01. The van der Waals surface area contributed by atoms with Gasteiger partial charge in [-0.15, -0.1) is 0 Å². The number of ether oxygens (including phenoxy) is 1. The number of hydrogen-bond acceptors (Lipinski definition) is 5. The van der Waals surface area contributed by atoms with Crippen LogP contribution in [0.3, 0.4) is 0 Å². The minimum atomic E-state index is -0.945. The number of aryl methyl sites for hydroxylation is 2. The van der Waals surface area contributed by atoms with E-state index in [0.717, 1.165) is 12.8 Å². The van der Waals surface area contributed by atoms with E-state index in [1.165, 1.54) is 0 Å². The Morgan fingerprint density at radius 3 is 2.58 bits per heavy atom. The molecule has 0 aliphatic heterocycles. The summed E-state index contributed by atoms with van der Waals surface area (Å²) in [4.78, 5) is 24.8. The Balaban J connectivity index is 1.73. The van der Waals surface area contributed by atoms with Crippen molar-refractivity contribution in [1.82, 2.24) is 10.5 Å². The van der Waals surface area contributed by atoms with Crippen LogP contribution in [-0.2, 0) is 20.7 Å². The van der Waals surface area contributed by atoms with Crippen LogP contribution in [0.25, 0.3) is 0 Å². The molecule has 3 rings (SSSR count). The SMILES string of the molecule is Cc1noc(C)c1CC(=O)O[C@@H](C(=O)NC1CC1)c1ccccc1. The van der Waals surface area contributed by atoms with E-state index < -0.39 is 12.1 Å². The van der Waals surface area contributed by atoms with Gasteiger partial charge in [0.15, 0.2) is 0 Å². The van der Waals surface area contributed by atoms with Crippen LogP contribution in [0.5, 0.6) is 0 Å². The Morgan fingerprint density at radius 2 is 2.00 bits per heavy atom. The van der Waals surface area contributed by atoms with Crippen molar-refractivity contribution in [3.63, 3.8) is 0 Å². The smallest absolute Gasteiger partial charge is 0.311 e. The van der Waals surface area contributed by atoms with Gasteiger partial charge in [-0.05, 0) is 26.7 Å². The molecule has 6 nitrogen and oxygen atoms in total. The van der Waals surface area contributed by atoms with Gasteiger partial charge in [0.2, 0.25) is 6.10 Å². The third-order valence-electron chi connectivity index (χ3n) is 4.02. The maximum Gasteiger partial charge on any atom is 0.311 e. The first-order chi connectivity index (χ1) is 11.5. The number of carbonyl (C=O) groups is 2. The number of hydrogen-bond donors (Lipinski definition) is 1. The van der Waals surface area contributed by atoms with Gasteiger partial charge >= 0.3 is 5.97 Å². The molecule has 0 bridgehead atoms. The average Bonchev–Trinajstić information content (AvgIpc) is 3.34. The predicted octanol–water partition coefficient (Wildman–Crippen LogP) is 2.40. The van der Waals surface area contributed by atoms with Crippen LogP contribution in [0.15, 0.2) is 34.9 Å². The highest BCUT2D eigenvalue weighted by molar-refractivity contribution is 5.86. The van der Waals surface area contributed by atoms with Crippen molar-refractivity contribution in [2.75, 3.05) is 0 Å². The molecular formula is C18H20N2O4. The maximum absolute atomic E-state index is 12.4. The van der Waals surface area contributed by atoms with E-state index in [4.69, 9.17) is 9.26 Å². The molecule has 1 fully saturated rings. The lowest BCUT2D eigenvalue weighted by molar-refractivity contribution is -0.156. The molecule has 2 aromatic rings. The predicted molar refractivity (Wildman–Crippen MR) is 86.1 cm³/mol. The molecule has 126 valence electrons. The van der Waals surface area contributed by atoms with Gasteiger partial charge in [-0.1, -0.05) is 35.5 Å². The number of aromatic nitrogens is 1. The Kier molecular flexibility index (Phi) is 4.64. The van der Waals surface area contributed by atoms with Crippen molar-refractivity contribution in [2.45, 2.75) is 45.3 Å². The fraction of sp³-hybridized carbons (Fsp3) is 0.389. The zero-order valence-corrected chi connectivity index (χ0v) is 13.7. The van der Waals surface area contributed by atoms with Gasteiger partial charge in [0.05, 0.1) is 12.1 Å². The van der Waals surface area contributed by atoms with Crippen LogP contribution < -0.4 is 5.32 Å². The molecule has 6 heteroatoms. The van der Waals surface area contributed by atoms with Crippen LogP contribution in [0.2, 0.25) is 0 Å². The van der Waals surface area contributed by atoms with Gasteiger partial charge < -0.3 is 14.6 Å². The van der Waals surface area contributed by atoms with Gasteiger partial charge in [-0.2, -0.15) is 0 Å². The highest BCUT2D eigenvalue weighted by Gasteiger charge is 2.31. The second-order valence-electron chi connectivity index (χ2n) is 6.04. The lowest BCUT2D eigenvalue weighted by atomic mass is 10.1. The van der Waals surface area contributed by atoms with Crippen LogP contribution in [0.4, 0.5) is 0 Å². The first kappa shape index (κ1) is 16.2. The van der Waals surface area contributed by atoms with Gasteiger partial charge in [-0.25, -0.2) is 0 Å². The van der Waals surface area contributed by atoms with Crippen molar-refractivity contribution < 1.29 is 18.8 Å². The van der Waals surface area contributed by atoms with Crippen LogP contribution in [-0.4, -0.2) is 23.1 Å². The quantitative estimate of drug-likeness (QED) is 0.824. The number of rotatable bonds is 6. The van der Waals surface area contributed by atoms with Crippen molar-refractivity contribution in [1.29, 1.82) is 0 Å². The van der Waals surface area contributed by atoms with Crippen LogP contribution >= 0.6 is 0 Å². The van der Waals surface area contributed by atoms with E-state index in [2.05, 4.69) is 10.5 Å². The molecule has 1 aliphatic rings. The first-order valence-electron chi connectivity index (χ1n) is 8.01. The summed E-state index contributed by atoms with van der Waals surface area (Å²) in [5.74, 6) is -0.178. The summed E-state index contributed by atoms with van der Waals surface area (Å²) in [5, 5.41) is 6.72. The van der Waals surface area contributed by atoms with Gasteiger partial charge in [0.1, 0.15) is 5.76 Å². The summed E-state index contributed by atoms with van der Waals surface area (Å²) in [6.07, 6.45) is 1.03. The Bertz CT molecular complexity index is 715. The summed E-state index contributed by atoms with van der Waals surface area (Å²) in [5.41, 5.74) is 2.01. The van der Waals surface area contributed by atoms with E-state index in [-0.39, 0.29) is 18.4 Å². The van der Waals surface area contributed by atoms with Crippen molar-refractivity contribution >= 4 is 11.9 Å². The van der Waals surface area contributed by atoms with Crippen molar-refractivity contribution in [3.05, 3.63) is 52.9 Å². The van der Waals surface area contributed by atoms with E-state index in [1.54, 1.807) is 26.0 Å². The van der Waals surface area contributed by atoms with Gasteiger partial charge in [0.25, 0.3) is 5.91 Å². The monoisotopic (exact) mass is 328 g/mol. The van der Waals surface area contributed by atoms with Crippen molar-refractivity contribution in [3.8, 4) is 0 Å². The Hall–Kier alpha value is -2.63. The zero-order chi connectivity index (χ0) is 17.1. The minimum Gasteiger partial charge on any atom is -0.447 e. The zero-order valence-electron chi connectivity index (χ0n) is 13.7. The summed E-state index contributed by atoms with van der Waals surface area (Å²) >= 11 is 0. The summed E-state index contributed by atoms with van der Waals surface area (Å²) in [6.45, 7) is 3.52. The fourth-order valence-electron chi connectivity index (χ4n) is 2.48. The standard InChI is InChI=1S/C18H20N2O4/c1-11-15(12(2)24-20-11)10-16(21)23-17(13-6-4-3-5-7-13)18(22)19-14-8-9-14/h3-7,14,17H,8-10H2,1-2H3,(H,19,22)/t17-/m1/s1. The molecule has 1 aliphatic carbocycles. The number of nitrogens with zero attached hydrogens (tertiary/aromatic N) is 1. The summed E-state index contributed by atoms with van der Waals surface area (Å²) in [7, 11) is 0.